The molecule has 1 N–H and O–H groups in total. The third-order valence-corrected chi connectivity index (χ3v) is 4.39. The van der Waals surface area contributed by atoms with E-state index in [-0.39, 0.29) is 5.91 Å². The van der Waals surface area contributed by atoms with Gasteiger partial charge in [0.25, 0.3) is 0 Å². The van der Waals surface area contributed by atoms with Gasteiger partial charge in [-0.1, -0.05) is 18.6 Å². The normalized spacial score (nSPS) is 32.4. The van der Waals surface area contributed by atoms with E-state index in [1.807, 2.05) is 24.3 Å². The number of carbonyl (C=O) groups excluding carboxylic acids is 1. The lowest BCUT2D eigenvalue weighted by Crippen LogP contribution is -2.55. The molecule has 3 rings (SSSR count). The minimum absolute atomic E-state index is 0.352. The lowest BCUT2D eigenvalue weighted by molar-refractivity contribution is -0.125. The van der Waals surface area contributed by atoms with Crippen molar-refractivity contribution < 1.29 is 4.79 Å². The molecule has 1 saturated heterocycles. The SMILES string of the molecule is CC1=C[C@H]2NC(=O)[C@H](C)[C@H]1C(C#N)(C#N)C2(C#N)C#N. The van der Waals surface area contributed by atoms with Crippen molar-refractivity contribution in [3.63, 3.8) is 0 Å². The number of carbonyl (C=O) groups is 1. The van der Waals surface area contributed by atoms with Crippen molar-refractivity contribution in [1.82, 2.24) is 5.32 Å². The molecule has 98 valence electrons. The van der Waals surface area contributed by atoms with Gasteiger partial charge in [-0.05, 0) is 6.92 Å². The average molecular weight is 265 g/mol. The van der Waals surface area contributed by atoms with E-state index in [0.717, 1.165) is 0 Å². The number of nitrogens with zero attached hydrogens (tertiary/aromatic N) is 4. The molecule has 6 nitrogen and oxygen atoms in total. The molecule has 0 aromatic rings. The second kappa shape index (κ2) is 4.09. The first-order chi connectivity index (χ1) is 9.44. The summed E-state index contributed by atoms with van der Waals surface area (Å²) in [7, 11) is 0. The Morgan fingerprint density at radius 3 is 2.05 bits per heavy atom. The summed E-state index contributed by atoms with van der Waals surface area (Å²) in [5.41, 5.74) is -3.08. The van der Waals surface area contributed by atoms with Crippen molar-refractivity contribution >= 4 is 5.91 Å². The second-order valence-electron chi connectivity index (χ2n) is 5.23. The predicted octanol–water partition coefficient (Wildman–Crippen LogP) is 0.764. The summed E-state index contributed by atoms with van der Waals surface area (Å²) in [5, 5.41) is 40.7. The summed E-state index contributed by atoms with van der Waals surface area (Å²) in [6, 6.07) is 6.45. The first kappa shape index (κ1) is 13.6. The number of allylic oxidation sites excluding steroid dienone is 1. The van der Waals surface area contributed by atoms with Crippen molar-refractivity contribution in [3.05, 3.63) is 11.6 Å². The summed E-state index contributed by atoms with van der Waals surface area (Å²) in [5.74, 6) is -1.77. The molecule has 1 aliphatic carbocycles. The molecule has 2 heterocycles. The molecule has 3 atom stereocenters. The number of hydrogen-bond acceptors (Lipinski definition) is 5. The number of fused-ring (bicyclic) bond motifs is 3. The molecule has 0 unspecified atom stereocenters. The van der Waals surface area contributed by atoms with E-state index in [1.54, 1.807) is 19.9 Å². The van der Waals surface area contributed by atoms with Gasteiger partial charge in [-0.3, -0.25) is 4.79 Å². The average Bonchev–Trinajstić information content (AvgIpc) is 2.60. The molecule has 2 bridgehead atoms. The maximum atomic E-state index is 12.1. The van der Waals surface area contributed by atoms with Crippen LogP contribution in [0.3, 0.4) is 0 Å². The van der Waals surface area contributed by atoms with E-state index in [1.165, 1.54) is 0 Å². The molecule has 0 saturated carbocycles. The zero-order valence-electron chi connectivity index (χ0n) is 11.0. The van der Waals surface area contributed by atoms with Gasteiger partial charge in [0.2, 0.25) is 5.91 Å². The predicted molar refractivity (Wildman–Crippen MR) is 65.7 cm³/mol. The van der Waals surface area contributed by atoms with Crippen LogP contribution in [-0.2, 0) is 4.79 Å². The third kappa shape index (κ3) is 1.21. The maximum absolute atomic E-state index is 12.1. The van der Waals surface area contributed by atoms with E-state index in [4.69, 9.17) is 0 Å². The molecular weight excluding hydrogens is 254 g/mol. The summed E-state index contributed by atoms with van der Waals surface area (Å²) < 4.78 is 0. The Bertz CT molecular complexity index is 650. The highest BCUT2D eigenvalue weighted by Crippen LogP contribution is 2.56. The Kier molecular flexibility index (Phi) is 2.78. The smallest absolute Gasteiger partial charge is 0.224 e. The Labute approximate surface area is 116 Å². The van der Waals surface area contributed by atoms with E-state index in [0.29, 0.717) is 5.57 Å². The van der Waals surface area contributed by atoms with Crippen LogP contribution in [0.15, 0.2) is 11.6 Å². The maximum Gasteiger partial charge on any atom is 0.224 e. The van der Waals surface area contributed by atoms with Gasteiger partial charge >= 0.3 is 0 Å². The topological polar surface area (TPSA) is 124 Å². The van der Waals surface area contributed by atoms with Gasteiger partial charge in [-0.15, -0.1) is 0 Å². The molecule has 1 fully saturated rings. The zero-order chi connectivity index (χ0) is 15.1. The van der Waals surface area contributed by atoms with Crippen LogP contribution in [0, 0.1) is 68.0 Å². The molecule has 3 aliphatic rings. The molecule has 20 heavy (non-hydrogen) atoms. The highest BCUT2D eigenvalue weighted by atomic mass is 16.2. The van der Waals surface area contributed by atoms with Crippen LogP contribution in [0.25, 0.3) is 0 Å². The van der Waals surface area contributed by atoms with Crippen LogP contribution in [0.5, 0.6) is 0 Å². The fourth-order valence-corrected chi connectivity index (χ4v) is 3.36. The fraction of sp³-hybridized carbons (Fsp3) is 0.500. The molecule has 0 aromatic heterocycles. The summed E-state index contributed by atoms with van der Waals surface area (Å²) in [6.45, 7) is 3.32. The Hall–Kier alpha value is -2.83. The number of nitriles is 4. The van der Waals surface area contributed by atoms with Gasteiger partial charge in [-0.25, -0.2) is 0 Å². The second-order valence-corrected chi connectivity index (χ2v) is 5.23. The fourth-order valence-electron chi connectivity index (χ4n) is 3.36. The van der Waals surface area contributed by atoms with Crippen LogP contribution in [0.1, 0.15) is 13.8 Å². The third-order valence-electron chi connectivity index (χ3n) is 4.39. The van der Waals surface area contributed by atoms with Gasteiger partial charge in [0.1, 0.15) is 0 Å². The first-order valence-electron chi connectivity index (χ1n) is 6.07. The number of nitrogens with one attached hydrogen (secondary N) is 1. The van der Waals surface area contributed by atoms with Crippen molar-refractivity contribution in [3.8, 4) is 24.3 Å². The van der Waals surface area contributed by atoms with Crippen molar-refractivity contribution in [2.45, 2.75) is 19.9 Å². The largest absolute Gasteiger partial charge is 0.347 e. The van der Waals surface area contributed by atoms with Gasteiger partial charge in [0.05, 0.1) is 30.3 Å². The zero-order valence-corrected chi connectivity index (χ0v) is 11.0. The summed E-state index contributed by atoms with van der Waals surface area (Å²) in [6.07, 6.45) is 1.62. The van der Waals surface area contributed by atoms with Gasteiger partial charge in [0.15, 0.2) is 10.8 Å². The van der Waals surface area contributed by atoms with Crippen molar-refractivity contribution in [1.29, 1.82) is 21.0 Å². The molecule has 0 spiro atoms. The minimum atomic E-state index is -1.90. The van der Waals surface area contributed by atoms with E-state index >= 15 is 0 Å². The Balaban J connectivity index is 2.92. The molecule has 0 radical (unpaired) electrons. The van der Waals surface area contributed by atoms with E-state index in [9.17, 15) is 25.8 Å². The summed E-state index contributed by atoms with van der Waals surface area (Å²) in [4.78, 5) is 12.1. The van der Waals surface area contributed by atoms with Crippen molar-refractivity contribution in [2.24, 2.45) is 22.7 Å². The highest BCUT2D eigenvalue weighted by Gasteiger charge is 2.68. The molecule has 2 aliphatic heterocycles. The van der Waals surface area contributed by atoms with Crippen LogP contribution in [0.2, 0.25) is 0 Å². The highest BCUT2D eigenvalue weighted by molar-refractivity contribution is 5.82. The molecule has 1 amide bonds. The molecular formula is C14H11N5O. The number of amides is 1. The monoisotopic (exact) mass is 265 g/mol. The van der Waals surface area contributed by atoms with Gasteiger partial charge < -0.3 is 5.32 Å². The van der Waals surface area contributed by atoms with Crippen LogP contribution < -0.4 is 5.32 Å². The quantitative estimate of drug-likeness (QED) is 0.647. The van der Waals surface area contributed by atoms with Gasteiger partial charge in [-0.2, -0.15) is 21.0 Å². The van der Waals surface area contributed by atoms with Gasteiger partial charge in [0, 0.05) is 11.8 Å². The van der Waals surface area contributed by atoms with Crippen LogP contribution in [-0.4, -0.2) is 11.9 Å². The standard InChI is InChI=1S/C14H11N5O/c1-8-3-10-13(4-15,5-16)14(6-17,7-18)11(8)9(2)12(20)19-10/h3,9-11H,1-2H3,(H,19,20)/t9-,10-,11+/m1/s1. The van der Waals surface area contributed by atoms with Crippen LogP contribution in [0.4, 0.5) is 0 Å². The first-order valence-corrected chi connectivity index (χ1v) is 6.07. The molecule has 6 heteroatoms. The van der Waals surface area contributed by atoms with E-state index in [2.05, 4.69) is 5.32 Å². The number of hydrogen-bond donors (Lipinski definition) is 1. The lowest BCUT2D eigenvalue weighted by atomic mass is 9.51. The van der Waals surface area contributed by atoms with Crippen LogP contribution >= 0.6 is 0 Å². The number of rotatable bonds is 0. The van der Waals surface area contributed by atoms with E-state index < -0.39 is 28.7 Å². The van der Waals surface area contributed by atoms with Crippen molar-refractivity contribution in [2.75, 3.05) is 0 Å². The Morgan fingerprint density at radius 1 is 1.10 bits per heavy atom. The lowest BCUT2D eigenvalue weighted by Gasteiger charge is -2.43. The summed E-state index contributed by atoms with van der Waals surface area (Å²) >= 11 is 0. The minimum Gasteiger partial charge on any atom is -0.347 e. The Morgan fingerprint density at radius 2 is 1.60 bits per heavy atom. The molecule has 0 aromatic carbocycles.